The van der Waals surface area contributed by atoms with Crippen molar-refractivity contribution in [3.05, 3.63) is 59.7 Å². The number of nitrogens with two attached hydrogens (primary N) is 1. The maximum atomic E-state index is 5.83. The van der Waals surface area contributed by atoms with Crippen molar-refractivity contribution in [1.82, 2.24) is 0 Å². The van der Waals surface area contributed by atoms with Crippen molar-refractivity contribution in [3.63, 3.8) is 0 Å². The summed E-state index contributed by atoms with van der Waals surface area (Å²) < 4.78 is 5.83. The largest absolute Gasteiger partial charge is 0.492 e. The summed E-state index contributed by atoms with van der Waals surface area (Å²) in [4.78, 5) is 2.31. The summed E-state index contributed by atoms with van der Waals surface area (Å²) in [6, 6.07) is 16.6. The lowest BCUT2D eigenvalue weighted by Gasteiger charge is -2.23. The second kappa shape index (κ2) is 7.70. The van der Waals surface area contributed by atoms with E-state index in [9.17, 15) is 0 Å². The van der Waals surface area contributed by atoms with Gasteiger partial charge in [0.2, 0.25) is 0 Å². The number of likely N-dealkylation sites (N-methyl/N-ethyl adjacent to an activating group) is 1. The molecule has 21 heavy (non-hydrogen) atoms. The Morgan fingerprint density at radius 1 is 1.10 bits per heavy atom. The topological polar surface area (TPSA) is 38.5 Å². The number of aryl methyl sites for hydroxylation is 1. The maximum Gasteiger partial charge on any atom is 0.119 e. The highest BCUT2D eigenvalue weighted by Gasteiger charge is 2.04. The predicted molar refractivity (Wildman–Crippen MR) is 88.9 cm³/mol. The molecule has 0 unspecified atom stereocenters. The van der Waals surface area contributed by atoms with Crippen molar-refractivity contribution in [2.75, 3.05) is 24.6 Å². The second-order valence-electron chi connectivity index (χ2n) is 5.12. The molecule has 0 radical (unpaired) electrons. The third-order valence-electron chi connectivity index (χ3n) is 3.54. The van der Waals surface area contributed by atoms with Crippen LogP contribution in [0, 0.1) is 6.92 Å². The molecule has 2 N–H and O–H groups in total. The molecule has 0 aliphatic rings. The van der Waals surface area contributed by atoms with Gasteiger partial charge in [0.05, 0.1) is 6.54 Å². The van der Waals surface area contributed by atoms with E-state index in [0.29, 0.717) is 13.2 Å². The fourth-order valence-electron chi connectivity index (χ4n) is 2.26. The fraction of sp³-hybridized carbons (Fsp3) is 0.333. The summed E-state index contributed by atoms with van der Waals surface area (Å²) in [6.07, 6.45) is 0. The Morgan fingerprint density at radius 2 is 1.86 bits per heavy atom. The van der Waals surface area contributed by atoms with Crippen LogP contribution in [0.15, 0.2) is 48.5 Å². The van der Waals surface area contributed by atoms with Gasteiger partial charge in [-0.1, -0.05) is 29.8 Å². The van der Waals surface area contributed by atoms with Crippen molar-refractivity contribution < 1.29 is 4.74 Å². The van der Waals surface area contributed by atoms with Crippen molar-refractivity contribution >= 4 is 5.69 Å². The van der Waals surface area contributed by atoms with Crippen molar-refractivity contribution in [3.8, 4) is 5.75 Å². The van der Waals surface area contributed by atoms with Crippen LogP contribution in [0.25, 0.3) is 0 Å². The zero-order chi connectivity index (χ0) is 15.1. The highest BCUT2D eigenvalue weighted by molar-refractivity contribution is 5.47. The van der Waals surface area contributed by atoms with Crippen molar-refractivity contribution in [1.29, 1.82) is 0 Å². The summed E-state index contributed by atoms with van der Waals surface area (Å²) >= 11 is 0. The SMILES string of the molecule is CCN(CCOc1cccc(CN)c1)c1ccc(C)cc1. The zero-order valence-corrected chi connectivity index (χ0v) is 12.9. The molecule has 112 valence electrons. The van der Waals surface area contributed by atoms with Gasteiger partial charge in [0.15, 0.2) is 0 Å². The van der Waals surface area contributed by atoms with Crippen molar-refractivity contribution in [2.24, 2.45) is 5.73 Å². The highest BCUT2D eigenvalue weighted by Crippen LogP contribution is 2.16. The number of rotatable bonds is 7. The van der Waals surface area contributed by atoms with E-state index in [0.717, 1.165) is 24.4 Å². The average molecular weight is 284 g/mol. The van der Waals surface area contributed by atoms with Crippen LogP contribution in [0.1, 0.15) is 18.1 Å². The van der Waals surface area contributed by atoms with E-state index in [1.807, 2.05) is 24.3 Å². The van der Waals surface area contributed by atoms with Gasteiger partial charge in [-0.15, -0.1) is 0 Å². The van der Waals surface area contributed by atoms with Gasteiger partial charge in [-0.3, -0.25) is 0 Å². The molecule has 0 spiro atoms. The molecule has 0 saturated carbocycles. The molecule has 2 aromatic rings. The molecule has 2 aromatic carbocycles. The molecule has 3 heteroatoms. The average Bonchev–Trinajstić information content (AvgIpc) is 2.53. The molecule has 0 saturated heterocycles. The number of hydrogen-bond acceptors (Lipinski definition) is 3. The summed E-state index contributed by atoms with van der Waals surface area (Å²) in [6.45, 7) is 7.31. The quantitative estimate of drug-likeness (QED) is 0.847. The zero-order valence-electron chi connectivity index (χ0n) is 12.9. The minimum Gasteiger partial charge on any atom is -0.492 e. The summed E-state index contributed by atoms with van der Waals surface area (Å²) in [5, 5.41) is 0. The van der Waals surface area contributed by atoms with Crippen LogP contribution >= 0.6 is 0 Å². The number of anilines is 1. The monoisotopic (exact) mass is 284 g/mol. The maximum absolute atomic E-state index is 5.83. The molecule has 0 atom stereocenters. The summed E-state index contributed by atoms with van der Waals surface area (Å²) in [5.41, 5.74) is 9.26. The molecule has 0 aromatic heterocycles. The van der Waals surface area contributed by atoms with Crippen LogP contribution in [0.2, 0.25) is 0 Å². The Morgan fingerprint density at radius 3 is 2.52 bits per heavy atom. The lowest BCUT2D eigenvalue weighted by atomic mass is 10.2. The molecule has 0 amide bonds. The lowest BCUT2D eigenvalue weighted by Crippen LogP contribution is -2.28. The number of ether oxygens (including phenoxy) is 1. The molecule has 0 fully saturated rings. The highest BCUT2D eigenvalue weighted by atomic mass is 16.5. The Labute approximate surface area is 127 Å². The Hall–Kier alpha value is -2.00. The second-order valence-corrected chi connectivity index (χ2v) is 5.12. The van der Waals surface area contributed by atoms with Gasteiger partial charge >= 0.3 is 0 Å². The molecular formula is C18H24N2O. The van der Waals surface area contributed by atoms with Crippen LogP contribution in [0.5, 0.6) is 5.75 Å². The number of benzene rings is 2. The smallest absolute Gasteiger partial charge is 0.119 e. The molecule has 2 rings (SSSR count). The van der Waals surface area contributed by atoms with Crippen LogP contribution in [-0.2, 0) is 6.54 Å². The first-order valence-electron chi connectivity index (χ1n) is 7.46. The predicted octanol–water partition coefficient (Wildman–Crippen LogP) is 3.36. The van der Waals surface area contributed by atoms with Crippen molar-refractivity contribution in [2.45, 2.75) is 20.4 Å². The van der Waals surface area contributed by atoms with Gasteiger partial charge in [0, 0.05) is 18.8 Å². The normalized spacial score (nSPS) is 10.4. The third-order valence-corrected chi connectivity index (χ3v) is 3.54. The van der Waals surface area contributed by atoms with Gasteiger partial charge in [-0.05, 0) is 43.7 Å². The first-order chi connectivity index (χ1) is 10.2. The molecule has 0 aliphatic carbocycles. The van der Waals surface area contributed by atoms with E-state index < -0.39 is 0 Å². The number of nitrogens with zero attached hydrogens (tertiary/aromatic N) is 1. The van der Waals surface area contributed by atoms with E-state index in [2.05, 4.69) is 43.0 Å². The minimum atomic E-state index is 0.543. The summed E-state index contributed by atoms with van der Waals surface area (Å²) in [5.74, 6) is 0.887. The Bertz CT molecular complexity index is 551. The van der Waals surface area contributed by atoms with Gasteiger partial charge in [0.1, 0.15) is 12.4 Å². The van der Waals surface area contributed by atoms with Crippen LogP contribution < -0.4 is 15.4 Å². The first-order valence-corrected chi connectivity index (χ1v) is 7.46. The third kappa shape index (κ3) is 4.50. The molecule has 0 bridgehead atoms. The fourth-order valence-corrected chi connectivity index (χ4v) is 2.26. The summed E-state index contributed by atoms with van der Waals surface area (Å²) in [7, 11) is 0. The van der Waals surface area contributed by atoms with E-state index >= 15 is 0 Å². The number of hydrogen-bond donors (Lipinski definition) is 1. The molecule has 3 nitrogen and oxygen atoms in total. The van der Waals surface area contributed by atoms with Crippen LogP contribution in [0.3, 0.4) is 0 Å². The van der Waals surface area contributed by atoms with Crippen LogP contribution in [-0.4, -0.2) is 19.7 Å². The Kier molecular flexibility index (Phi) is 5.64. The van der Waals surface area contributed by atoms with Gasteiger partial charge in [-0.2, -0.15) is 0 Å². The lowest BCUT2D eigenvalue weighted by molar-refractivity contribution is 0.324. The van der Waals surface area contributed by atoms with E-state index in [1.54, 1.807) is 0 Å². The van der Waals surface area contributed by atoms with E-state index in [1.165, 1.54) is 11.3 Å². The van der Waals surface area contributed by atoms with E-state index in [-0.39, 0.29) is 0 Å². The van der Waals surface area contributed by atoms with E-state index in [4.69, 9.17) is 10.5 Å². The molecule has 0 aliphatic heterocycles. The Balaban J connectivity index is 1.89. The van der Waals surface area contributed by atoms with Gasteiger partial charge < -0.3 is 15.4 Å². The molecular weight excluding hydrogens is 260 g/mol. The van der Waals surface area contributed by atoms with Gasteiger partial charge in [0.25, 0.3) is 0 Å². The van der Waals surface area contributed by atoms with Gasteiger partial charge in [-0.25, -0.2) is 0 Å². The minimum absolute atomic E-state index is 0.543. The molecule has 0 heterocycles. The van der Waals surface area contributed by atoms with Crippen LogP contribution in [0.4, 0.5) is 5.69 Å². The first kappa shape index (κ1) is 15.4. The standard InChI is InChI=1S/C18H24N2O/c1-3-20(17-9-7-15(2)8-10-17)11-12-21-18-6-4-5-16(13-18)14-19/h4-10,13H,3,11-12,14,19H2,1-2H3.